The third kappa shape index (κ3) is 3.46. The summed E-state index contributed by atoms with van der Waals surface area (Å²) in [6.07, 6.45) is 0. The highest BCUT2D eigenvalue weighted by atomic mass is 32.2. The molecule has 0 aromatic heterocycles. The van der Waals surface area contributed by atoms with Crippen molar-refractivity contribution in [3.8, 4) is 0 Å². The maximum absolute atomic E-state index is 12.4. The summed E-state index contributed by atoms with van der Waals surface area (Å²) < 4.78 is 53.1. The van der Waals surface area contributed by atoms with Crippen molar-refractivity contribution >= 4 is 25.7 Å². The number of aryl methyl sites for hydroxylation is 1. The predicted octanol–water partition coefficient (Wildman–Crippen LogP) is 1.70. The summed E-state index contributed by atoms with van der Waals surface area (Å²) in [6.45, 7) is 1.85. The first kappa shape index (κ1) is 16.5. The fourth-order valence-corrected chi connectivity index (χ4v) is 3.85. The van der Waals surface area contributed by atoms with Crippen LogP contribution >= 0.6 is 0 Å². The zero-order chi connectivity index (χ0) is 16.4. The molecule has 0 bridgehead atoms. The normalized spacial score (nSPS) is 12.1. The van der Waals surface area contributed by atoms with Crippen LogP contribution in [0.4, 0.5) is 5.69 Å². The van der Waals surface area contributed by atoms with Gasteiger partial charge in [-0.1, -0.05) is 29.8 Å². The molecule has 118 valence electrons. The van der Waals surface area contributed by atoms with Crippen LogP contribution in [0, 0.1) is 6.92 Å². The monoisotopic (exact) mass is 340 g/mol. The first-order valence-electron chi connectivity index (χ1n) is 6.38. The van der Waals surface area contributed by atoms with Crippen LogP contribution in [0.2, 0.25) is 0 Å². The lowest BCUT2D eigenvalue weighted by atomic mass is 10.2. The number of benzene rings is 2. The van der Waals surface area contributed by atoms with E-state index in [-0.39, 0.29) is 15.5 Å². The fourth-order valence-electron chi connectivity index (χ4n) is 1.82. The SMILES string of the molecule is CNS(=O)(=O)c1ccccc1NS(=O)(=O)c1ccc(C)cc1. The Kier molecular flexibility index (Phi) is 4.55. The van der Waals surface area contributed by atoms with Gasteiger partial charge in [-0.25, -0.2) is 21.6 Å². The van der Waals surface area contributed by atoms with E-state index in [0.29, 0.717) is 0 Å². The third-order valence-corrected chi connectivity index (χ3v) is 5.87. The van der Waals surface area contributed by atoms with Crippen LogP contribution in [0.1, 0.15) is 5.56 Å². The van der Waals surface area contributed by atoms with Crippen molar-refractivity contribution in [3.05, 3.63) is 54.1 Å². The molecule has 22 heavy (non-hydrogen) atoms. The summed E-state index contributed by atoms with van der Waals surface area (Å²) in [5.74, 6) is 0. The van der Waals surface area contributed by atoms with E-state index in [4.69, 9.17) is 0 Å². The molecule has 0 amide bonds. The summed E-state index contributed by atoms with van der Waals surface area (Å²) in [5, 5.41) is 0. The number of hydrogen-bond donors (Lipinski definition) is 2. The van der Waals surface area contributed by atoms with Crippen molar-refractivity contribution in [2.45, 2.75) is 16.7 Å². The Morgan fingerprint density at radius 3 is 2.00 bits per heavy atom. The van der Waals surface area contributed by atoms with Gasteiger partial charge in [-0.3, -0.25) is 4.72 Å². The van der Waals surface area contributed by atoms with E-state index in [1.807, 2.05) is 6.92 Å². The standard InChI is InChI=1S/C14H16N2O4S2/c1-11-7-9-12(10-8-11)21(17,18)16-13-5-3-4-6-14(13)22(19,20)15-2/h3-10,15-16H,1-2H3. The first-order chi connectivity index (χ1) is 10.3. The minimum atomic E-state index is -3.86. The van der Waals surface area contributed by atoms with Gasteiger partial charge < -0.3 is 0 Å². The van der Waals surface area contributed by atoms with Crippen molar-refractivity contribution in [1.82, 2.24) is 4.72 Å². The summed E-state index contributed by atoms with van der Waals surface area (Å²) in [4.78, 5) is -0.0667. The van der Waals surface area contributed by atoms with Crippen LogP contribution in [0.15, 0.2) is 58.3 Å². The predicted molar refractivity (Wildman–Crippen MR) is 84.7 cm³/mol. The lowest BCUT2D eigenvalue weighted by Crippen LogP contribution is -2.21. The Morgan fingerprint density at radius 1 is 0.818 bits per heavy atom. The molecule has 0 fully saturated rings. The molecule has 2 aromatic rings. The summed E-state index contributed by atoms with van der Waals surface area (Å²) in [5.41, 5.74) is 0.925. The molecule has 0 aliphatic heterocycles. The van der Waals surface area contributed by atoms with Crippen LogP contribution in [-0.2, 0) is 20.0 Å². The van der Waals surface area contributed by atoms with E-state index in [9.17, 15) is 16.8 Å². The maximum Gasteiger partial charge on any atom is 0.261 e. The largest absolute Gasteiger partial charge is 0.278 e. The molecule has 0 unspecified atom stereocenters. The second kappa shape index (κ2) is 6.07. The number of hydrogen-bond acceptors (Lipinski definition) is 4. The molecule has 0 saturated carbocycles. The van der Waals surface area contributed by atoms with Gasteiger partial charge in [0.05, 0.1) is 10.6 Å². The van der Waals surface area contributed by atoms with Gasteiger partial charge >= 0.3 is 0 Å². The zero-order valence-corrected chi connectivity index (χ0v) is 13.7. The van der Waals surface area contributed by atoms with Crippen molar-refractivity contribution in [2.24, 2.45) is 0 Å². The number of sulfonamides is 2. The minimum Gasteiger partial charge on any atom is -0.278 e. The number of para-hydroxylation sites is 1. The van der Waals surface area contributed by atoms with Gasteiger partial charge in [0, 0.05) is 0 Å². The molecule has 0 saturated heterocycles. The molecule has 0 atom stereocenters. The Balaban J connectivity index is 2.45. The highest BCUT2D eigenvalue weighted by molar-refractivity contribution is 7.93. The Bertz CT molecular complexity index is 873. The van der Waals surface area contributed by atoms with Gasteiger partial charge in [-0.2, -0.15) is 0 Å². The van der Waals surface area contributed by atoms with Crippen molar-refractivity contribution in [3.63, 3.8) is 0 Å². The molecule has 0 spiro atoms. The van der Waals surface area contributed by atoms with E-state index in [1.165, 1.54) is 37.4 Å². The van der Waals surface area contributed by atoms with Crippen molar-refractivity contribution in [1.29, 1.82) is 0 Å². The number of anilines is 1. The summed E-state index contributed by atoms with van der Waals surface area (Å²) in [6, 6.07) is 12.1. The molecule has 2 aromatic carbocycles. The molecular weight excluding hydrogens is 324 g/mol. The highest BCUT2D eigenvalue weighted by Gasteiger charge is 2.21. The molecule has 2 rings (SSSR count). The molecule has 0 aliphatic carbocycles. The van der Waals surface area contributed by atoms with Gasteiger partial charge in [0.15, 0.2) is 0 Å². The summed E-state index contributed by atoms with van der Waals surface area (Å²) >= 11 is 0. The van der Waals surface area contributed by atoms with Gasteiger partial charge in [0.25, 0.3) is 10.0 Å². The summed E-state index contributed by atoms with van der Waals surface area (Å²) in [7, 11) is -6.37. The topological polar surface area (TPSA) is 92.3 Å². The van der Waals surface area contributed by atoms with E-state index >= 15 is 0 Å². The van der Waals surface area contributed by atoms with Gasteiger partial charge in [0.2, 0.25) is 10.0 Å². The van der Waals surface area contributed by atoms with Crippen LogP contribution in [0.25, 0.3) is 0 Å². The molecule has 0 aliphatic rings. The average molecular weight is 340 g/mol. The molecular formula is C14H16N2O4S2. The van der Waals surface area contributed by atoms with Crippen LogP contribution in [0.3, 0.4) is 0 Å². The second-order valence-electron chi connectivity index (χ2n) is 4.62. The molecule has 0 heterocycles. The smallest absolute Gasteiger partial charge is 0.261 e. The molecule has 8 heteroatoms. The van der Waals surface area contributed by atoms with Gasteiger partial charge in [-0.15, -0.1) is 0 Å². The van der Waals surface area contributed by atoms with Crippen LogP contribution in [0.5, 0.6) is 0 Å². The number of nitrogens with one attached hydrogen (secondary N) is 2. The second-order valence-corrected chi connectivity index (χ2v) is 8.16. The van der Waals surface area contributed by atoms with Crippen molar-refractivity contribution < 1.29 is 16.8 Å². The first-order valence-corrected chi connectivity index (χ1v) is 9.35. The Morgan fingerprint density at radius 2 is 1.41 bits per heavy atom. The lowest BCUT2D eigenvalue weighted by Gasteiger charge is -2.12. The fraction of sp³-hybridized carbons (Fsp3) is 0.143. The van der Waals surface area contributed by atoms with E-state index in [1.54, 1.807) is 18.2 Å². The highest BCUT2D eigenvalue weighted by Crippen LogP contribution is 2.23. The van der Waals surface area contributed by atoms with E-state index < -0.39 is 20.0 Å². The Labute approximate surface area is 130 Å². The molecule has 2 N–H and O–H groups in total. The van der Waals surface area contributed by atoms with Crippen LogP contribution in [-0.4, -0.2) is 23.9 Å². The number of rotatable bonds is 5. The van der Waals surface area contributed by atoms with Crippen LogP contribution < -0.4 is 9.44 Å². The Hall–Kier alpha value is -1.90. The average Bonchev–Trinajstić information content (AvgIpc) is 2.47. The molecule has 0 radical (unpaired) electrons. The zero-order valence-electron chi connectivity index (χ0n) is 12.1. The lowest BCUT2D eigenvalue weighted by molar-refractivity contribution is 0.588. The quantitative estimate of drug-likeness (QED) is 0.866. The third-order valence-electron chi connectivity index (χ3n) is 3.02. The van der Waals surface area contributed by atoms with Gasteiger partial charge in [0.1, 0.15) is 4.90 Å². The van der Waals surface area contributed by atoms with Gasteiger partial charge in [-0.05, 0) is 38.2 Å². The van der Waals surface area contributed by atoms with E-state index in [2.05, 4.69) is 9.44 Å². The molecule has 6 nitrogen and oxygen atoms in total. The van der Waals surface area contributed by atoms with E-state index in [0.717, 1.165) is 5.56 Å². The maximum atomic E-state index is 12.4. The van der Waals surface area contributed by atoms with Crippen molar-refractivity contribution in [2.75, 3.05) is 11.8 Å². The minimum absolute atomic E-state index is 0.00238.